The van der Waals surface area contributed by atoms with Gasteiger partial charge in [-0.1, -0.05) is 29.8 Å². The SMILES string of the molecule is CC(=O)N1CCC(C(=O)N(CCCN2CC3CN(C(=O)c4cccc5c4CCN(C(C)=O)C5)CC3C2)c2ccc(C)c(Cl)c2)CC1. The van der Waals surface area contributed by atoms with Crippen LogP contribution >= 0.6 is 11.6 Å². The second kappa shape index (κ2) is 13.7. The molecule has 0 N–H and O–H groups in total. The summed E-state index contributed by atoms with van der Waals surface area (Å²) in [5.74, 6) is 1.19. The predicted octanol–water partition coefficient (Wildman–Crippen LogP) is 4.24. The van der Waals surface area contributed by atoms with E-state index >= 15 is 0 Å². The van der Waals surface area contributed by atoms with Crippen molar-refractivity contribution >= 4 is 40.9 Å². The second-order valence-electron chi connectivity index (χ2n) is 13.7. The summed E-state index contributed by atoms with van der Waals surface area (Å²) in [6.45, 7) is 12.6. The van der Waals surface area contributed by atoms with Gasteiger partial charge in [-0.05, 0) is 85.9 Å². The van der Waals surface area contributed by atoms with E-state index in [2.05, 4.69) is 4.90 Å². The molecule has 3 saturated heterocycles. The van der Waals surface area contributed by atoms with Crippen molar-refractivity contribution in [3.05, 3.63) is 63.7 Å². The first-order valence-electron chi connectivity index (χ1n) is 16.8. The van der Waals surface area contributed by atoms with Crippen LogP contribution in [0.25, 0.3) is 0 Å². The Balaban J connectivity index is 1.04. The molecule has 46 heavy (non-hydrogen) atoms. The normalized spacial score (nSPS) is 21.7. The van der Waals surface area contributed by atoms with E-state index in [9.17, 15) is 19.2 Å². The molecular weight excluding hydrogens is 602 g/mol. The van der Waals surface area contributed by atoms with Gasteiger partial charge >= 0.3 is 0 Å². The lowest BCUT2D eigenvalue weighted by molar-refractivity contribution is -0.133. The summed E-state index contributed by atoms with van der Waals surface area (Å²) in [4.78, 5) is 61.3. The number of fused-ring (bicyclic) bond motifs is 2. The molecule has 0 bridgehead atoms. The number of aryl methyl sites for hydroxylation is 1. The Bertz CT molecular complexity index is 1490. The molecule has 0 saturated carbocycles. The minimum absolute atomic E-state index is 0.0668. The lowest BCUT2D eigenvalue weighted by Crippen LogP contribution is -2.44. The van der Waals surface area contributed by atoms with Gasteiger partial charge in [0.15, 0.2) is 0 Å². The molecule has 9 nitrogen and oxygen atoms in total. The lowest BCUT2D eigenvalue weighted by atomic mass is 9.93. The molecule has 0 radical (unpaired) electrons. The number of carbonyl (C=O) groups excluding carboxylic acids is 4. The first-order chi connectivity index (χ1) is 22.1. The van der Waals surface area contributed by atoms with Crippen LogP contribution in [0.5, 0.6) is 0 Å². The maximum absolute atomic E-state index is 13.8. The monoisotopic (exact) mass is 647 g/mol. The quantitative estimate of drug-likeness (QED) is 0.449. The van der Waals surface area contributed by atoms with Gasteiger partial charge in [0.05, 0.1) is 0 Å². The molecule has 6 rings (SSSR count). The number of hydrogen-bond donors (Lipinski definition) is 0. The molecule has 2 atom stereocenters. The smallest absolute Gasteiger partial charge is 0.254 e. The van der Waals surface area contributed by atoms with E-state index in [-0.39, 0.29) is 29.5 Å². The highest BCUT2D eigenvalue weighted by Gasteiger charge is 2.42. The number of amides is 4. The molecule has 0 aromatic heterocycles. The first kappa shape index (κ1) is 32.5. The fourth-order valence-corrected chi connectivity index (χ4v) is 8.09. The molecule has 0 aliphatic carbocycles. The summed E-state index contributed by atoms with van der Waals surface area (Å²) in [5.41, 5.74) is 4.79. The van der Waals surface area contributed by atoms with Gasteiger partial charge in [-0.3, -0.25) is 19.2 Å². The number of likely N-dealkylation sites (tertiary alicyclic amines) is 3. The molecule has 2 aromatic rings. The van der Waals surface area contributed by atoms with Gasteiger partial charge in [-0.25, -0.2) is 0 Å². The summed E-state index contributed by atoms with van der Waals surface area (Å²) in [6.07, 6.45) is 2.93. The molecule has 10 heteroatoms. The summed E-state index contributed by atoms with van der Waals surface area (Å²) >= 11 is 6.49. The zero-order valence-electron chi connectivity index (χ0n) is 27.3. The van der Waals surface area contributed by atoms with Crippen molar-refractivity contribution in [1.82, 2.24) is 19.6 Å². The first-order valence-corrected chi connectivity index (χ1v) is 17.2. The summed E-state index contributed by atoms with van der Waals surface area (Å²) in [6, 6.07) is 11.8. The van der Waals surface area contributed by atoms with Crippen LogP contribution in [0.3, 0.4) is 0 Å². The Hall–Kier alpha value is -3.43. The fourth-order valence-electron chi connectivity index (χ4n) is 7.92. The predicted molar refractivity (Wildman–Crippen MR) is 179 cm³/mol. The molecular formula is C36H46ClN5O4. The van der Waals surface area contributed by atoms with Gasteiger partial charge in [-0.2, -0.15) is 0 Å². The Morgan fingerprint density at radius 1 is 0.870 bits per heavy atom. The number of hydrogen-bond acceptors (Lipinski definition) is 5. The molecule has 4 heterocycles. The maximum atomic E-state index is 13.8. The van der Waals surface area contributed by atoms with Crippen molar-refractivity contribution in [1.29, 1.82) is 0 Å². The number of benzene rings is 2. The van der Waals surface area contributed by atoms with Crippen molar-refractivity contribution in [2.24, 2.45) is 17.8 Å². The number of carbonyl (C=O) groups is 4. The van der Waals surface area contributed by atoms with Crippen LogP contribution in [-0.4, -0.2) is 102 Å². The van der Waals surface area contributed by atoms with Crippen LogP contribution < -0.4 is 4.90 Å². The van der Waals surface area contributed by atoms with Gasteiger partial charge < -0.3 is 24.5 Å². The molecule has 3 fully saturated rings. The van der Waals surface area contributed by atoms with Crippen molar-refractivity contribution < 1.29 is 19.2 Å². The number of piperidine rings is 1. The van der Waals surface area contributed by atoms with Gasteiger partial charge in [-0.15, -0.1) is 0 Å². The third-order valence-corrected chi connectivity index (χ3v) is 11.1. The van der Waals surface area contributed by atoms with E-state index in [1.165, 1.54) is 0 Å². The Labute approximate surface area is 277 Å². The highest BCUT2D eigenvalue weighted by Crippen LogP contribution is 2.34. The van der Waals surface area contributed by atoms with E-state index in [0.717, 1.165) is 73.5 Å². The molecule has 4 aliphatic heterocycles. The Kier molecular flexibility index (Phi) is 9.71. The summed E-state index contributed by atoms with van der Waals surface area (Å²) < 4.78 is 0. The zero-order valence-corrected chi connectivity index (χ0v) is 28.1. The standard InChI is InChI=1S/C36H46ClN5O4/c1-24-8-9-31(18-34(24)37)42(35(45)27-10-15-39(16-11-27)25(2)43)14-5-13-38-19-29-22-41(23-30(29)20-38)36(46)33-7-4-6-28-21-40(26(3)44)17-12-32(28)33/h4,6-9,18,27,29-30H,5,10-17,19-23H2,1-3H3. The molecule has 4 amide bonds. The van der Waals surface area contributed by atoms with E-state index in [1.54, 1.807) is 13.8 Å². The van der Waals surface area contributed by atoms with Crippen LogP contribution in [0, 0.1) is 24.7 Å². The number of anilines is 1. The topological polar surface area (TPSA) is 84.5 Å². The van der Waals surface area contributed by atoms with Gasteiger partial charge in [0.2, 0.25) is 17.7 Å². The average molecular weight is 648 g/mol. The van der Waals surface area contributed by atoms with Crippen LogP contribution in [0.4, 0.5) is 5.69 Å². The van der Waals surface area contributed by atoms with E-state index in [4.69, 9.17) is 11.6 Å². The number of halogens is 1. The second-order valence-corrected chi connectivity index (χ2v) is 14.1. The number of rotatable bonds is 7. The lowest BCUT2D eigenvalue weighted by Gasteiger charge is -2.34. The minimum atomic E-state index is -0.103. The third-order valence-electron chi connectivity index (χ3n) is 10.7. The van der Waals surface area contributed by atoms with E-state index in [0.29, 0.717) is 62.4 Å². The molecule has 0 spiro atoms. The van der Waals surface area contributed by atoms with Gasteiger partial charge in [0.25, 0.3) is 5.91 Å². The van der Waals surface area contributed by atoms with E-state index < -0.39 is 0 Å². The summed E-state index contributed by atoms with van der Waals surface area (Å²) in [7, 11) is 0. The molecule has 4 aliphatic rings. The van der Waals surface area contributed by atoms with Gasteiger partial charge in [0.1, 0.15) is 0 Å². The molecule has 246 valence electrons. The van der Waals surface area contributed by atoms with Crippen molar-refractivity contribution in [3.8, 4) is 0 Å². The van der Waals surface area contributed by atoms with Crippen LogP contribution in [0.15, 0.2) is 36.4 Å². The largest absolute Gasteiger partial charge is 0.343 e. The third kappa shape index (κ3) is 6.81. The summed E-state index contributed by atoms with van der Waals surface area (Å²) in [5, 5.41) is 0.655. The average Bonchev–Trinajstić information content (AvgIpc) is 3.62. The van der Waals surface area contributed by atoms with Crippen LogP contribution in [0.1, 0.15) is 60.2 Å². The zero-order chi connectivity index (χ0) is 32.5. The Morgan fingerprint density at radius 2 is 1.57 bits per heavy atom. The van der Waals surface area contributed by atoms with Crippen molar-refractivity contribution in [2.75, 3.05) is 63.8 Å². The minimum Gasteiger partial charge on any atom is -0.343 e. The van der Waals surface area contributed by atoms with Crippen LogP contribution in [-0.2, 0) is 27.3 Å². The molecule has 2 unspecified atom stereocenters. The highest BCUT2D eigenvalue weighted by atomic mass is 35.5. The highest BCUT2D eigenvalue weighted by molar-refractivity contribution is 6.31. The molecule has 2 aromatic carbocycles. The van der Waals surface area contributed by atoms with Crippen molar-refractivity contribution in [2.45, 2.75) is 53.0 Å². The number of nitrogens with zero attached hydrogens (tertiary/aromatic N) is 5. The Morgan fingerprint density at radius 3 is 2.22 bits per heavy atom. The van der Waals surface area contributed by atoms with Crippen LogP contribution in [0.2, 0.25) is 5.02 Å². The maximum Gasteiger partial charge on any atom is 0.254 e. The van der Waals surface area contributed by atoms with E-state index in [1.807, 2.05) is 62.9 Å². The fraction of sp³-hybridized carbons (Fsp3) is 0.556. The van der Waals surface area contributed by atoms with Crippen molar-refractivity contribution in [3.63, 3.8) is 0 Å². The van der Waals surface area contributed by atoms with Gasteiger partial charge in [0, 0.05) is 94.9 Å².